The number of anilines is 1. The smallest absolute Gasteiger partial charge is 0.248 e. The van der Waals surface area contributed by atoms with E-state index in [-0.39, 0.29) is 5.91 Å². The minimum absolute atomic E-state index is 0.163. The van der Waals surface area contributed by atoms with Crippen LogP contribution in [0.2, 0.25) is 0 Å². The van der Waals surface area contributed by atoms with E-state index in [1.165, 1.54) is 6.08 Å². The van der Waals surface area contributed by atoms with Gasteiger partial charge in [-0.3, -0.25) is 4.79 Å². The van der Waals surface area contributed by atoms with Gasteiger partial charge in [0.05, 0.1) is 13.2 Å². The van der Waals surface area contributed by atoms with E-state index >= 15 is 0 Å². The van der Waals surface area contributed by atoms with Crippen LogP contribution in [0.4, 0.5) is 5.69 Å². The van der Waals surface area contributed by atoms with Gasteiger partial charge in [-0.25, -0.2) is 0 Å². The zero-order chi connectivity index (χ0) is 18.2. The number of para-hydroxylation sites is 1. The first-order chi connectivity index (χ1) is 12.0. The van der Waals surface area contributed by atoms with Gasteiger partial charge in [-0.05, 0) is 62.6 Å². The largest absolute Gasteiger partial charge is 0.490 e. The summed E-state index contributed by atoms with van der Waals surface area (Å²) in [7, 11) is 0. The predicted molar refractivity (Wildman–Crippen MR) is 102 cm³/mol. The summed E-state index contributed by atoms with van der Waals surface area (Å²) < 4.78 is 11.2. The number of hydrogen-bond acceptors (Lipinski definition) is 3. The molecule has 25 heavy (non-hydrogen) atoms. The van der Waals surface area contributed by atoms with Crippen molar-refractivity contribution >= 4 is 17.7 Å². The number of hydrogen-bond donors (Lipinski definition) is 1. The maximum Gasteiger partial charge on any atom is 0.248 e. The summed E-state index contributed by atoms with van der Waals surface area (Å²) in [4.78, 5) is 12.2. The normalized spacial score (nSPS) is 10.7. The summed E-state index contributed by atoms with van der Waals surface area (Å²) in [5.41, 5.74) is 3.82. The Hall–Kier alpha value is -2.75. The van der Waals surface area contributed by atoms with Crippen LogP contribution >= 0.6 is 0 Å². The lowest BCUT2D eigenvalue weighted by Gasteiger charge is -2.11. The Kier molecular flexibility index (Phi) is 6.63. The third-order valence-corrected chi connectivity index (χ3v) is 3.72. The number of benzene rings is 2. The minimum Gasteiger partial charge on any atom is -0.490 e. The van der Waals surface area contributed by atoms with Crippen LogP contribution in [0.15, 0.2) is 42.5 Å². The first-order valence-electron chi connectivity index (χ1n) is 8.50. The molecule has 0 saturated carbocycles. The highest BCUT2D eigenvalue weighted by molar-refractivity contribution is 6.02. The van der Waals surface area contributed by atoms with Gasteiger partial charge in [-0.1, -0.05) is 24.3 Å². The van der Waals surface area contributed by atoms with Crippen molar-refractivity contribution in [1.29, 1.82) is 0 Å². The van der Waals surface area contributed by atoms with Crippen molar-refractivity contribution in [1.82, 2.24) is 0 Å². The lowest BCUT2D eigenvalue weighted by molar-refractivity contribution is -0.111. The van der Waals surface area contributed by atoms with E-state index in [1.54, 1.807) is 6.08 Å². The molecular weight excluding hydrogens is 314 g/mol. The van der Waals surface area contributed by atoms with Crippen molar-refractivity contribution in [3.63, 3.8) is 0 Å². The Morgan fingerprint density at radius 3 is 2.28 bits per heavy atom. The molecule has 0 aromatic heterocycles. The fraction of sp³-hybridized carbons (Fsp3) is 0.286. The van der Waals surface area contributed by atoms with Crippen molar-refractivity contribution in [2.24, 2.45) is 0 Å². The molecule has 0 aliphatic heterocycles. The number of nitrogens with one attached hydrogen (secondary N) is 1. The van der Waals surface area contributed by atoms with Crippen LogP contribution in [0.3, 0.4) is 0 Å². The summed E-state index contributed by atoms with van der Waals surface area (Å²) in [6.45, 7) is 8.95. The molecule has 0 heterocycles. The summed E-state index contributed by atoms with van der Waals surface area (Å²) >= 11 is 0. The molecule has 0 aliphatic carbocycles. The highest BCUT2D eigenvalue weighted by Crippen LogP contribution is 2.29. The molecule has 0 saturated heterocycles. The zero-order valence-electron chi connectivity index (χ0n) is 15.3. The van der Waals surface area contributed by atoms with Gasteiger partial charge in [0.15, 0.2) is 11.5 Å². The van der Waals surface area contributed by atoms with Gasteiger partial charge in [-0.2, -0.15) is 0 Å². The van der Waals surface area contributed by atoms with Crippen molar-refractivity contribution in [2.45, 2.75) is 27.7 Å². The van der Waals surface area contributed by atoms with Crippen LogP contribution in [0, 0.1) is 13.8 Å². The molecule has 0 unspecified atom stereocenters. The highest BCUT2D eigenvalue weighted by Gasteiger charge is 2.06. The number of ether oxygens (including phenoxy) is 2. The molecule has 2 aromatic rings. The van der Waals surface area contributed by atoms with Crippen molar-refractivity contribution in [3.05, 3.63) is 59.2 Å². The molecule has 1 N–H and O–H groups in total. The van der Waals surface area contributed by atoms with Crippen LogP contribution in [-0.2, 0) is 4.79 Å². The number of carbonyl (C=O) groups is 1. The molecule has 2 aromatic carbocycles. The molecule has 4 nitrogen and oxygen atoms in total. The van der Waals surface area contributed by atoms with Crippen molar-refractivity contribution in [2.75, 3.05) is 18.5 Å². The number of aryl methyl sites for hydroxylation is 2. The fourth-order valence-electron chi connectivity index (χ4n) is 2.52. The van der Waals surface area contributed by atoms with Gasteiger partial charge >= 0.3 is 0 Å². The molecule has 0 spiro atoms. The monoisotopic (exact) mass is 339 g/mol. The number of carbonyl (C=O) groups excluding carboxylic acids is 1. The van der Waals surface area contributed by atoms with Gasteiger partial charge < -0.3 is 14.8 Å². The van der Waals surface area contributed by atoms with Gasteiger partial charge in [0.2, 0.25) is 5.91 Å². The van der Waals surface area contributed by atoms with E-state index in [4.69, 9.17) is 9.47 Å². The Balaban J connectivity index is 2.12. The SMILES string of the molecule is CCOc1ccc(C=CC(=O)Nc2c(C)cccc2C)cc1OCC. The lowest BCUT2D eigenvalue weighted by atomic mass is 10.1. The molecule has 2 rings (SSSR count). The first kappa shape index (κ1) is 18.6. The molecule has 0 atom stereocenters. The molecule has 132 valence electrons. The summed E-state index contributed by atoms with van der Waals surface area (Å²) in [6, 6.07) is 11.6. The van der Waals surface area contributed by atoms with E-state index in [1.807, 2.05) is 64.1 Å². The second kappa shape index (κ2) is 8.92. The average Bonchev–Trinajstić information content (AvgIpc) is 2.59. The quantitative estimate of drug-likeness (QED) is 0.740. The maximum atomic E-state index is 12.2. The van der Waals surface area contributed by atoms with E-state index in [0.29, 0.717) is 24.7 Å². The summed E-state index contributed by atoms with van der Waals surface area (Å²) in [5, 5.41) is 2.94. The standard InChI is InChI=1S/C21H25NO3/c1-5-24-18-12-10-17(14-19(18)25-6-2)11-13-20(23)22-21-15(3)8-7-9-16(21)4/h7-14H,5-6H2,1-4H3,(H,22,23). The van der Waals surface area contributed by atoms with Crippen LogP contribution in [0.5, 0.6) is 11.5 Å². The Morgan fingerprint density at radius 1 is 1.00 bits per heavy atom. The summed E-state index contributed by atoms with van der Waals surface area (Å²) in [6.07, 6.45) is 3.29. The number of rotatable bonds is 7. The lowest BCUT2D eigenvalue weighted by Crippen LogP contribution is -2.10. The van der Waals surface area contributed by atoms with Gasteiger partial charge in [-0.15, -0.1) is 0 Å². The van der Waals surface area contributed by atoms with Crippen molar-refractivity contribution < 1.29 is 14.3 Å². The fourth-order valence-corrected chi connectivity index (χ4v) is 2.52. The maximum absolute atomic E-state index is 12.2. The minimum atomic E-state index is -0.163. The third-order valence-electron chi connectivity index (χ3n) is 3.72. The van der Waals surface area contributed by atoms with Crippen LogP contribution in [-0.4, -0.2) is 19.1 Å². The zero-order valence-corrected chi connectivity index (χ0v) is 15.3. The topological polar surface area (TPSA) is 47.6 Å². The Labute approximate surface area is 149 Å². The van der Waals surface area contributed by atoms with Crippen LogP contribution in [0.1, 0.15) is 30.5 Å². The average molecular weight is 339 g/mol. The Morgan fingerprint density at radius 2 is 1.64 bits per heavy atom. The number of amides is 1. The molecule has 0 aliphatic rings. The van der Waals surface area contributed by atoms with Crippen molar-refractivity contribution in [3.8, 4) is 11.5 Å². The predicted octanol–water partition coefficient (Wildman–Crippen LogP) is 4.75. The molecule has 0 radical (unpaired) electrons. The first-order valence-corrected chi connectivity index (χ1v) is 8.50. The van der Waals surface area contributed by atoms with E-state index < -0.39 is 0 Å². The second-order valence-electron chi connectivity index (χ2n) is 5.66. The second-order valence-corrected chi connectivity index (χ2v) is 5.66. The van der Waals surface area contributed by atoms with E-state index in [0.717, 1.165) is 22.4 Å². The molecule has 1 amide bonds. The molecule has 0 fully saturated rings. The third kappa shape index (κ3) is 5.11. The molecule has 4 heteroatoms. The summed E-state index contributed by atoms with van der Waals surface area (Å²) in [5.74, 6) is 1.23. The van der Waals surface area contributed by atoms with Gasteiger partial charge in [0.1, 0.15) is 0 Å². The van der Waals surface area contributed by atoms with E-state index in [9.17, 15) is 4.79 Å². The highest BCUT2D eigenvalue weighted by atomic mass is 16.5. The molecular formula is C21H25NO3. The van der Waals surface area contributed by atoms with Crippen LogP contribution < -0.4 is 14.8 Å². The van der Waals surface area contributed by atoms with Gasteiger partial charge in [0, 0.05) is 11.8 Å². The van der Waals surface area contributed by atoms with Gasteiger partial charge in [0.25, 0.3) is 0 Å². The molecule has 0 bridgehead atoms. The Bertz CT molecular complexity index is 745. The van der Waals surface area contributed by atoms with Crippen LogP contribution in [0.25, 0.3) is 6.08 Å². The van der Waals surface area contributed by atoms with E-state index in [2.05, 4.69) is 5.32 Å².